The van der Waals surface area contributed by atoms with Gasteiger partial charge in [-0.15, -0.1) is 11.3 Å². The van der Waals surface area contributed by atoms with Gasteiger partial charge >= 0.3 is 12.0 Å². The third-order valence-corrected chi connectivity index (χ3v) is 8.64. The Bertz CT molecular complexity index is 1390. The molecule has 0 bridgehead atoms. The lowest BCUT2D eigenvalue weighted by Crippen LogP contribution is -2.52. The van der Waals surface area contributed by atoms with Crippen molar-refractivity contribution in [2.24, 2.45) is 5.41 Å². The van der Waals surface area contributed by atoms with Crippen LogP contribution in [0, 0.1) is 26.2 Å². The fourth-order valence-electron chi connectivity index (χ4n) is 5.42. The second-order valence-corrected chi connectivity index (χ2v) is 11.7. The van der Waals surface area contributed by atoms with Gasteiger partial charge in [0.05, 0.1) is 7.11 Å². The Morgan fingerprint density at radius 1 is 1.00 bits per heavy atom. The minimum absolute atomic E-state index is 0.0613. The topological polar surface area (TPSA) is 130 Å². The molecule has 1 heterocycles. The first-order valence-electron chi connectivity index (χ1n) is 13.4. The van der Waals surface area contributed by atoms with Gasteiger partial charge in [0, 0.05) is 11.3 Å². The summed E-state index contributed by atoms with van der Waals surface area (Å²) in [6.45, 7) is 7.73. The van der Waals surface area contributed by atoms with E-state index in [1.807, 2.05) is 52.0 Å². The molecule has 1 aromatic heterocycles. The highest BCUT2D eigenvalue weighted by molar-refractivity contribution is 7.17. The van der Waals surface area contributed by atoms with Crippen LogP contribution in [0.15, 0.2) is 36.4 Å². The summed E-state index contributed by atoms with van der Waals surface area (Å²) in [7, 11) is 1.57. The van der Waals surface area contributed by atoms with Crippen molar-refractivity contribution in [3.05, 3.63) is 58.0 Å². The van der Waals surface area contributed by atoms with Crippen LogP contribution in [0.2, 0.25) is 0 Å². The van der Waals surface area contributed by atoms with Crippen molar-refractivity contribution in [1.82, 2.24) is 10.3 Å². The molecule has 4 N–H and O–H groups in total. The summed E-state index contributed by atoms with van der Waals surface area (Å²) in [6, 6.07) is 9.52. The highest BCUT2D eigenvalue weighted by atomic mass is 32.1. The van der Waals surface area contributed by atoms with Gasteiger partial charge in [-0.05, 0) is 74.4 Å². The van der Waals surface area contributed by atoms with E-state index in [9.17, 15) is 19.5 Å². The number of hydrogen-bond donors (Lipinski definition) is 4. The van der Waals surface area contributed by atoms with Gasteiger partial charge in [0.25, 0.3) is 5.91 Å². The van der Waals surface area contributed by atoms with Crippen LogP contribution in [0.1, 0.15) is 65.4 Å². The van der Waals surface area contributed by atoms with Crippen molar-refractivity contribution in [3.63, 3.8) is 0 Å². The molecule has 9 nitrogen and oxygen atoms in total. The average molecular weight is 565 g/mol. The van der Waals surface area contributed by atoms with Crippen molar-refractivity contribution < 1.29 is 24.2 Å². The molecule has 0 aliphatic heterocycles. The summed E-state index contributed by atoms with van der Waals surface area (Å²) in [5, 5.41) is 18.9. The van der Waals surface area contributed by atoms with Crippen molar-refractivity contribution in [2.45, 2.75) is 65.8 Å². The van der Waals surface area contributed by atoms with Crippen LogP contribution in [0.4, 0.5) is 16.3 Å². The lowest BCUT2D eigenvalue weighted by molar-refractivity contribution is -0.143. The predicted octanol–water partition coefficient (Wildman–Crippen LogP) is 6.54. The molecule has 212 valence electrons. The normalized spacial score (nSPS) is 15.1. The number of thiazole rings is 1. The van der Waals surface area contributed by atoms with E-state index in [1.54, 1.807) is 19.2 Å². The van der Waals surface area contributed by atoms with Crippen LogP contribution in [0.3, 0.4) is 0 Å². The molecule has 0 unspecified atom stereocenters. The third kappa shape index (κ3) is 6.44. The molecule has 0 radical (unpaired) electrons. The van der Waals surface area contributed by atoms with Crippen LogP contribution in [0.25, 0.3) is 10.6 Å². The van der Waals surface area contributed by atoms with Gasteiger partial charge in [-0.25, -0.2) is 14.6 Å². The summed E-state index contributed by atoms with van der Waals surface area (Å²) in [6.07, 6.45) is 4.32. The Morgan fingerprint density at radius 3 is 2.20 bits per heavy atom. The monoisotopic (exact) mass is 564 g/mol. The zero-order valence-electron chi connectivity index (χ0n) is 23.5. The molecule has 3 amide bonds. The number of urea groups is 1. The Morgan fingerprint density at radius 2 is 1.62 bits per heavy atom. The minimum Gasteiger partial charge on any atom is -0.497 e. The van der Waals surface area contributed by atoms with Crippen LogP contribution in [-0.4, -0.2) is 41.1 Å². The quantitative estimate of drug-likeness (QED) is 0.246. The summed E-state index contributed by atoms with van der Waals surface area (Å²) < 4.78 is 5.24. The molecule has 2 aromatic carbocycles. The first kappa shape index (κ1) is 29.1. The number of nitrogens with one attached hydrogen (secondary N) is 3. The molecule has 0 saturated heterocycles. The number of aryl methyl sites for hydroxylation is 3. The number of carboxylic acids is 1. The largest absolute Gasteiger partial charge is 0.497 e. The fraction of sp³-hybridized carbons (Fsp3) is 0.400. The Balaban J connectivity index is 1.65. The van der Waals surface area contributed by atoms with E-state index in [-0.39, 0.29) is 10.7 Å². The number of carbonyl (C=O) groups excluding carboxylic acids is 2. The van der Waals surface area contributed by atoms with Crippen LogP contribution < -0.4 is 20.7 Å². The first-order valence-corrected chi connectivity index (χ1v) is 14.2. The SMILES string of the molecule is COc1ccc(-c2nc(NC(=O)Nc3c(C)cc(C)cc3C)c(C(=O)N[C@H](C(=O)O)C3(C)CCCCC3)s2)cc1. The predicted molar refractivity (Wildman–Crippen MR) is 157 cm³/mol. The van der Waals surface area contributed by atoms with E-state index < -0.39 is 29.4 Å². The van der Waals surface area contributed by atoms with Crippen molar-refractivity contribution in [3.8, 4) is 16.3 Å². The lowest BCUT2D eigenvalue weighted by Gasteiger charge is -2.38. The van der Waals surface area contributed by atoms with Gasteiger partial charge in [0.1, 0.15) is 21.7 Å². The van der Waals surface area contributed by atoms with Crippen LogP contribution >= 0.6 is 11.3 Å². The maximum Gasteiger partial charge on any atom is 0.326 e. The minimum atomic E-state index is -1.07. The standard InChI is InChI=1S/C30H36N4O5S/c1-17-15-18(2)22(19(3)16-17)31-29(38)34-25-23(40-27(33-25)20-9-11-21(39-5)12-10-20)26(35)32-24(28(36)37)30(4)13-7-6-8-14-30/h9-12,15-16,24H,6-8,13-14H2,1-5H3,(H,32,35)(H,36,37)(H2,31,34,38)/t24-/m1/s1. The summed E-state index contributed by atoms with van der Waals surface area (Å²) >= 11 is 1.09. The molecule has 4 rings (SSSR count). The number of rotatable bonds is 8. The molecular weight excluding hydrogens is 528 g/mol. The number of ether oxygens (including phenoxy) is 1. The number of methoxy groups -OCH3 is 1. The van der Waals surface area contributed by atoms with E-state index in [2.05, 4.69) is 20.9 Å². The second-order valence-electron chi connectivity index (χ2n) is 10.7. The average Bonchev–Trinajstić information content (AvgIpc) is 3.33. The first-order chi connectivity index (χ1) is 19.0. The summed E-state index contributed by atoms with van der Waals surface area (Å²) in [4.78, 5) is 43.7. The number of carbonyl (C=O) groups is 3. The van der Waals surface area contributed by atoms with Gasteiger partial charge in [-0.3, -0.25) is 10.1 Å². The lowest BCUT2D eigenvalue weighted by atomic mass is 9.70. The maximum atomic E-state index is 13.6. The molecule has 0 spiro atoms. The Kier molecular flexibility index (Phi) is 8.78. The van der Waals surface area contributed by atoms with Crippen molar-refractivity contribution in [1.29, 1.82) is 0 Å². The Hall–Kier alpha value is -3.92. The second kappa shape index (κ2) is 12.1. The van der Waals surface area contributed by atoms with Crippen LogP contribution in [-0.2, 0) is 4.79 Å². The number of nitrogens with zero attached hydrogens (tertiary/aromatic N) is 1. The van der Waals surface area contributed by atoms with Gasteiger partial charge in [-0.1, -0.05) is 43.9 Å². The number of benzene rings is 2. The van der Waals surface area contributed by atoms with Gasteiger partial charge in [-0.2, -0.15) is 0 Å². The fourth-order valence-corrected chi connectivity index (χ4v) is 6.35. The number of anilines is 2. The smallest absolute Gasteiger partial charge is 0.326 e. The van der Waals surface area contributed by atoms with Gasteiger partial charge in [0.2, 0.25) is 0 Å². The molecule has 1 aliphatic carbocycles. The maximum absolute atomic E-state index is 13.6. The van der Waals surface area contributed by atoms with Crippen LogP contribution in [0.5, 0.6) is 5.75 Å². The van der Waals surface area contributed by atoms with E-state index in [0.29, 0.717) is 29.3 Å². The number of aliphatic carboxylic acids is 1. The Labute approximate surface area is 238 Å². The van der Waals surface area contributed by atoms with Crippen molar-refractivity contribution in [2.75, 3.05) is 17.7 Å². The van der Waals surface area contributed by atoms with E-state index in [0.717, 1.165) is 52.9 Å². The molecule has 1 atom stereocenters. The number of amides is 3. The number of aromatic nitrogens is 1. The number of hydrogen-bond acceptors (Lipinski definition) is 6. The molecule has 40 heavy (non-hydrogen) atoms. The zero-order chi connectivity index (χ0) is 29.0. The molecule has 3 aromatic rings. The van der Waals surface area contributed by atoms with E-state index in [4.69, 9.17) is 4.74 Å². The molecule has 10 heteroatoms. The van der Waals surface area contributed by atoms with Crippen molar-refractivity contribution >= 4 is 40.7 Å². The van der Waals surface area contributed by atoms with Gasteiger partial charge < -0.3 is 20.5 Å². The van der Waals surface area contributed by atoms with E-state index in [1.165, 1.54) is 0 Å². The highest BCUT2D eigenvalue weighted by Crippen LogP contribution is 2.40. The molecular formula is C30H36N4O5S. The molecule has 1 fully saturated rings. The highest BCUT2D eigenvalue weighted by Gasteiger charge is 2.41. The van der Waals surface area contributed by atoms with Gasteiger partial charge in [0.15, 0.2) is 5.82 Å². The zero-order valence-corrected chi connectivity index (χ0v) is 24.3. The molecule has 1 saturated carbocycles. The third-order valence-electron chi connectivity index (χ3n) is 7.53. The summed E-state index contributed by atoms with van der Waals surface area (Å²) in [5.74, 6) is -0.930. The summed E-state index contributed by atoms with van der Waals surface area (Å²) in [5.41, 5.74) is 3.75. The number of carboxylic acid groups (broad SMARTS) is 1. The molecule has 1 aliphatic rings. The van der Waals surface area contributed by atoms with E-state index >= 15 is 0 Å².